The minimum Gasteiger partial charge on any atom is -0.333 e. The summed E-state index contributed by atoms with van der Waals surface area (Å²) in [5, 5.41) is 0.0932. The van der Waals surface area contributed by atoms with E-state index in [1.165, 1.54) is 22.8 Å². The number of carbonyl (C=O) groups excluding carboxylic acids is 1. The first-order valence-corrected chi connectivity index (χ1v) is 7.76. The van der Waals surface area contributed by atoms with E-state index in [9.17, 15) is 22.4 Å². The third kappa shape index (κ3) is 3.71. The van der Waals surface area contributed by atoms with Crippen LogP contribution >= 0.6 is 11.6 Å². The third-order valence-electron chi connectivity index (χ3n) is 3.93. The molecule has 1 unspecified atom stereocenters. The molecule has 1 atom stereocenters. The molecular weight excluding hydrogens is 364 g/mol. The molecule has 2 aromatic rings. The van der Waals surface area contributed by atoms with Crippen molar-refractivity contribution >= 4 is 23.2 Å². The Morgan fingerprint density at radius 2 is 2.12 bits per heavy atom. The normalized spacial score (nSPS) is 17.1. The maximum absolute atomic E-state index is 13.6. The lowest BCUT2D eigenvalue weighted by Gasteiger charge is -2.23. The predicted octanol–water partition coefficient (Wildman–Crippen LogP) is 3.40. The van der Waals surface area contributed by atoms with Crippen LogP contribution in [-0.4, -0.2) is 15.5 Å². The Balaban J connectivity index is 1.65. The molecule has 1 aromatic carbocycles. The van der Waals surface area contributed by atoms with Crippen LogP contribution in [0.1, 0.15) is 17.9 Å². The highest BCUT2D eigenvalue weighted by Gasteiger charge is 2.36. The van der Waals surface area contributed by atoms with E-state index in [-0.39, 0.29) is 23.7 Å². The molecule has 0 fully saturated rings. The van der Waals surface area contributed by atoms with Crippen LogP contribution in [0.3, 0.4) is 0 Å². The van der Waals surface area contributed by atoms with Crippen molar-refractivity contribution in [3.8, 4) is 0 Å². The van der Waals surface area contributed by atoms with Gasteiger partial charge in [-0.15, -0.1) is 0 Å². The van der Waals surface area contributed by atoms with Crippen molar-refractivity contribution in [2.45, 2.75) is 25.6 Å². The fraction of sp³-hybridized carbons (Fsp3) is 0.333. The Bertz CT molecular complexity index is 785. The highest BCUT2D eigenvalue weighted by atomic mass is 35.5. The number of halogens is 5. The van der Waals surface area contributed by atoms with Gasteiger partial charge in [0.1, 0.15) is 17.3 Å². The molecule has 0 aliphatic carbocycles. The van der Waals surface area contributed by atoms with Gasteiger partial charge >= 0.3 is 6.18 Å². The second-order valence-corrected chi connectivity index (χ2v) is 6.05. The standard InChI is InChI=1S/C15H13ClF4N4O/c16-9-2-1-3-10(17)13(9)22-23-14(25)8-4-5-12-21-11(15(18,19)20)7-24(12)6-8/h1-3,7-8,22H,4-6H2,(H,23,25). The number of hydrogen-bond acceptors (Lipinski definition) is 3. The number of fused-ring (bicyclic) bond motifs is 1. The highest BCUT2D eigenvalue weighted by Crippen LogP contribution is 2.31. The lowest BCUT2D eigenvalue weighted by Crippen LogP contribution is -2.39. The van der Waals surface area contributed by atoms with Crippen molar-refractivity contribution in [3.05, 3.63) is 46.8 Å². The van der Waals surface area contributed by atoms with Gasteiger partial charge in [0, 0.05) is 19.2 Å². The van der Waals surface area contributed by atoms with Gasteiger partial charge in [0.05, 0.1) is 10.9 Å². The molecule has 134 valence electrons. The van der Waals surface area contributed by atoms with Gasteiger partial charge in [-0.05, 0) is 18.6 Å². The van der Waals surface area contributed by atoms with Gasteiger partial charge in [0.15, 0.2) is 5.69 Å². The maximum atomic E-state index is 13.6. The molecule has 1 aliphatic heterocycles. The monoisotopic (exact) mass is 376 g/mol. The van der Waals surface area contributed by atoms with Gasteiger partial charge in [-0.2, -0.15) is 13.2 Å². The molecule has 10 heteroatoms. The minimum absolute atomic E-state index is 0.0664. The number of benzene rings is 1. The largest absolute Gasteiger partial charge is 0.434 e. The minimum atomic E-state index is -4.52. The Morgan fingerprint density at radius 1 is 1.36 bits per heavy atom. The number of nitrogens with one attached hydrogen (secondary N) is 2. The highest BCUT2D eigenvalue weighted by molar-refractivity contribution is 6.33. The summed E-state index contributed by atoms with van der Waals surface area (Å²) in [7, 11) is 0. The predicted molar refractivity (Wildman–Crippen MR) is 82.2 cm³/mol. The first kappa shape index (κ1) is 17.5. The third-order valence-corrected chi connectivity index (χ3v) is 4.24. The van der Waals surface area contributed by atoms with E-state index < -0.39 is 29.5 Å². The van der Waals surface area contributed by atoms with Crippen molar-refractivity contribution in [2.24, 2.45) is 5.92 Å². The zero-order valence-electron chi connectivity index (χ0n) is 12.7. The van der Waals surface area contributed by atoms with E-state index in [0.29, 0.717) is 12.2 Å². The van der Waals surface area contributed by atoms with E-state index in [0.717, 1.165) is 6.20 Å². The second-order valence-electron chi connectivity index (χ2n) is 5.64. The molecule has 1 aliphatic rings. The van der Waals surface area contributed by atoms with Crippen molar-refractivity contribution in [1.82, 2.24) is 15.0 Å². The summed E-state index contributed by atoms with van der Waals surface area (Å²) >= 11 is 5.84. The van der Waals surface area contributed by atoms with Gasteiger partial charge in [0.25, 0.3) is 0 Å². The number of hydrogen-bond donors (Lipinski definition) is 2. The van der Waals surface area contributed by atoms with Gasteiger partial charge in [-0.3, -0.25) is 15.6 Å². The molecule has 0 saturated heterocycles. The average Bonchev–Trinajstić information content (AvgIpc) is 2.97. The van der Waals surface area contributed by atoms with Gasteiger partial charge in [-0.1, -0.05) is 17.7 Å². The van der Waals surface area contributed by atoms with Crippen LogP contribution in [-0.2, 0) is 23.9 Å². The number of para-hydroxylation sites is 1. The van der Waals surface area contributed by atoms with E-state index in [1.807, 2.05) is 0 Å². The average molecular weight is 377 g/mol. The van der Waals surface area contributed by atoms with Gasteiger partial charge in [-0.25, -0.2) is 9.37 Å². The molecule has 3 rings (SSSR count). The lowest BCUT2D eigenvalue weighted by molar-refractivity contribution is -0.141. The Hall–Kier alpha value is -2.29. The summed E-state index contributed by atoms with van der Waals surface area (Å²) in [6.45, 7) is 0.0664. The fourth-order valence-electron chi connectivity index (χ4n) is 2.64. The van der Waals surface area contributed by atoms with Crippen LogP contribution in [0.15, 0.2) is 24.4 Å². The Morgan fingerprint density at radius 3 is 2.80 bits per heavy atom. The number of nitrogens with zero attached hydrogens (tertiary/aromatic N) is 2. The number of aryl methyl sites for hydroxylation is 1. The van der Waals surface area contributed by atoms with Crippen LogP contribution < -0.4 is 10.9 Å². The quantitative estimate of drug-likeness (QED) is 0.637. The molecule has 5 nitrogen and oxygen atoms in total. The topological polar surface area (TPSA) is 59.0 Å². The fourth-order valence-corrected chi connectivity index (χ4v) is 2.85. The number of alkyl halides is 3. The molecule has 0 spiro atoms. The first-order valence-electron chi connectivity index (χ1n) is 7.39. The SMILES string of the molecule is O=C(NNc1c(F)cccc1Cl)C1CCc2nc(C(F)(F)F)cn2C1. The maximum Gasteiger partial charge on any atom is 0.434 e. The first-order chi connectivity index (χ1) is 11.8. The molecule has 0 saturated carbocycles. The van der Waals surface area contributed by atoms with E-state index in [2.05, 4.69) is 15.8 Å². The number of carbonyl (C=O) groups is 1. The van der Waals surface area contributed by atoms with E-state index in [4.69, 9.17) is 11.6 Å². The van der Waals surface area contributed by atoms with Crippen LogP contribution in [0, 0.1) is 11.7 Å². The summed E-state index contributed by atoms with van der Waals surface area (Å²) in [4.78, 5) is 15.8. The molecule has 2 N–H and O–H groups in total. The van der Waals surface area contributed by atoms with Crippen molar-refractivity contribution in [2.75, 3.05) is 5.43 Å². The molecule has 2 heterocycles. The Labute approximate surface area is 145 Å². The summed E-state index contributed by atoms with van der Waals surface area (Å²) in [6.07, 6.45) is -3.04. The summed E-state index contributed by atoms with van der Waals surface area (Å²) in [5.74, 6) is -1.38. The number of amides is 1. The van der Waals surface area contributed by atoms with Crippen molar-refractivity contribution in [3.63, 3.8) is 0 Å². The zero-order valence-corrected chi connectivity index (χ0v) is 13.5. The molecular formula is C15H13ClF4N4O. The molecule has 0 radical (unpaired) electrons. The van der Waals surface area contributed by atoms with Gasteiger partial charge in [0.2, 0.25) is 5.91 Å². The van der Waals surface area contributed by atoms with Crippen molar-refractivity contribution in [1.29, 1.82) is 0 Å². The smallest absolute Gasteiger partial charge is 0.333 e. The number of anilines is 1. The number of aromatic nitrogens is 2. The van der Waals surface area contributed by atoms with Crippen LogP contribution in [0.5, 0.6) is 0 Å². The van der Waals surface area contributed by atoms with E-state index >= 15 is 0 Å². The van der Waals surface area contributed by atoms with Crippen LogP contribution in [0.25, 0.3) is 0 Å². The molecule has 0 bridgehead atoms. The Kier molecular flexibility index (Phi) is 4.59. The second kappa shape index (κ2) is 6.55. The number of imidazole rings is 1. The van der Waals surface area contributed by atoms with Crippen LogP contribution in [0.2, 0.25) is 5.02 Å². The van der Waals surface area contributed by atoms with Gasteiger partial charge < -0.3 is 4.57 Å². The van der Waals surface area contributed by atoms with E-state index in [1.54, 1.807) is 0 Å². The summed E-state index contributed by atoms with van der Waals surface area (Å²) < 4.78 is 53.1. The molecule has 1 aromatic heterocycles. The number of rotatable bonds is 3. The van der Waals surface area contributed by atoms with Crippen LogP contribution in [0.4, 0.5) is 23.2 Å². The lowest BCUT2D eigenvalue weighted by atomic mass is 9.99. The molecule has 1 amide bonds. The molecule has 25 heavy (non-hydrogen) atoms. The summed E-state index contributed by atoms with van der Waals surface area (Å²) in [5.41, 5.74) is 3.72. The van der Waals surface area contributed by atoms with Crippen molar-refractivity contribution < 1.29 is 22.4 Å². The summed E-state index contributed by atoms with van der Waals surface area (Å²) in [6, 6.07) is 4.05. The number of hydrazine groups is 1. The zero-order chi connectivity index (χ0) is 18.2.